The van der Waals surface area contributed by atoms with E-state index < -0.39 is 5.97 Å². The lowest BCUT2D eigenvalue weighted by molar-refractivity contribution is 0.0594. The van der Waals surface area contributed by atoms with Crippen molar-refractivity contribution in [3.05, 3.63) is 36.5 Å². The van der Waals surface area contributed by atoms with Crippen LogP contribution in [0.2, 0.25) is 0 Å². The van der Waals surface area contributed by atoms with E-state index in [-0.39, 0.29) is 0 Å². The molecule has 1 radical (unpaired) electrons. The normalized spacial score (nSPS) is 9.50. The van der Waals surface area contributed by atoms with Gasteiger partial charge < -0.3 is 4.74 Å². The van der Waals surface area contributed by atoms with Gasteiger partial charge in [0.1, 0.15) is 5.69 Å². The molecule has 0 N–H and O–H groups in total. The largest absolute Gasteiger partial charge is 0.464 e. The van der Waals surface area contributed by atoms with Gasteiger partial charge >= 0.3 is 5.97 Å². The number of rotatable bonds is 2. The van der Waals surface area contributed by atoms with E-state index in [1.54, 1.807) is 12.3 Å². The summed E-state index contributed by atoms with van der Waals surface area (Å²) in [5, 5.41) is 0. The van der Waals surface area contributed by atoms with E-state index in [9.17, 15) is 4.79 Å². The number of nitrogens with zero attached hydrogens (tertiary/aromatic N) is 1. The Labute approximate surface area is 71.4 Å². The molecule has 1 aromatic heterocycles. The summed E-state index contributed by atoms with van der Waals surface area (Å²) >= 11 is 0. The van der Waals surface area contributed by atoms with Crippen molar-refractivity contribution in [2.24, 2.45) is 0 Å². The van der Waals surface area contributed by atoms with Crippen LogP contribution in [0.1, 0.15) is 16.1 Å². The molecule has 0 fully saturated rings. The number of esters is 1. The van der Waals surface area contributed by atoms with Crippen LogP contribution in [0.3, 0.4) is 0 Å². The quantitative estimate of drug-likeness (QED) is 0.617. The molecule has 1 heterocycles. The third-order valence-corrected chi connectivity index (χ3v) is 1.51. The minimum atomic E-state index is -0.412. The van der Waals surface area contributed by atoms with Crippen molar-refractivity contribution in [1.29, 1.82) is 0 Å². The molecule has 3 nitrogen and oxygen atoms in total. The van der Waals surface area contributed by atoms with Gasteiger partial charge in [-0.05, 0) is 31.0 Å². The van der Waals surface area contributed by atoms with Gasteiger partial charge in [-0.3, -0.25) is 0 Å². The zero-order chi connectivity index (χ0) is 8.97. The van der Waals surface area contributed by atoms with Gasteiger partial charge in [-0.25, -0.2) is 9.78 Å². The Kier molecular flexibility index (Phi) is 2.80. The van der Waals surface area contributed by atoms with Crippen LogP contribution in [-0.4, -0.2) is 18.1 Å². The fraction of sp³-hybridized carbons (Fsp3) is 0.222. The van der Waals surface area contributed by atoms with Crippen LogP contribution in [-0.2, 0) is 11.2 Å². The van der Waals surface area contributed by atoms with E-state index in [0.717, 1.165) is 5.56 Å². The number of carbonyl (C=O) groups excluding carboxylic acids is 1. The average molecular weight is 164 g/mol. The number of methoxy groups -OCH3 is 1. The molecule has 0 aliphatic heterocycles. The van der Waals surface area contributed by atoms with Gasteiger partial charge in [-0.15, -0.1) is 0 Å². The number of carbonyl (C=O) groups is 1. The Balaban J connectivity index is 2.93. The molecule has 3 heteroatoms. The molecule has 0 atom stereocenters. The highest BCUT2D eigenvalue weighted by atomic mass is 16.5. The van der Waals surface area contributed by atoms with Gasteiger partial charge in [0, 0.05) is 6.20 Å². The van der Waals surface area contributed by atoms with E-state index in [4.69, 9.17) is 0 Å². The third-order valence-electron chi connectivity index (χ3n) is 1.51. The molecule has 12 heavy (non-hydrogen) atoms. The molecule has 0 aliphatic rings. The van der Waals surface area contributed by atoms with Gasteiger partial charge in [0.05, 0.1) is 7.11 Å². The van der Waals surface area contributed by atoms with Crippen molar-refractivity contribution in [2.75, 3.05) is 7.11 Å². The van der Waals surface area contributed by atoms with Crippen LogP contribution >= 0.6 is 0 Å². The summed E-state index contributed by atoms with van der Waals surface area (Å²) in [5.41, 5.74) is 1.31. The van der Waals surface area contributed by atoms with Gasteiger partial charge in [0.2, 0.25) is 0 Å². The number of hydrogen-bond acceptors (Lipinski definition) is 3. The van der Waals surface area contributed by atoms with Crippen LogP contribution in [0.5, 0.6) is 0 Å². The van der Waals surface area contributed by atoms with Crippen molar-refractivity contribution < 1.29 is 9.53 Å². The number of aromatic nitrogens is 1. The van der Waals surface area contributed by atoms with Crippen LogP contribution < -0.4 is 0 Å². The zero-order valence-electron chi connectivity index (χ0n) is 6.91. The lowest BCUT2D eigenvalue weighted by Crippen LogP contribution is -2.04. The van der Waals surface area contributed by atoms with E-state index >= 15 is 0 Å². The highest BCUT2D eigenvalue weighted by Crippen LogP contribution is 2.03. The second-order valence-corrected chi connectivity index (χ2v) is 2.29. The van der Waals surface area contributed by atoms with Crippen molar-refractivity contribution in [1.82, 2.24) is 4.98 Å². The Hall–Kier alpha value is -1.38. The molecule has 0 spiro atoms. The van der Waals surface area contributed by atoms with Crippen molar-refractivity contribution in [3.63, 3.8) is 0 Å². The first-order chi connectivity index (χ1) is 5.77. The van der Waals surface area contributed by atoms with Gasteiger partial charge in [0.15, 0.2) is 0 Å². The Morgan fingerprint density at radius 3 is 3.08 bits per heavy atom. The number of hydrogen-bond donors (Lipinski definition) is 0. The summed E-state index contributed by atoms with van der Waals surface area (Å²) in [6.07, 6.45) is 2.22. The van der Waals surface area contributed by atoms with Crippen LogP contribution in [0.25, 0.3) is 0 Å². The minimum Gasteiger partial charge on any atom is -0.464 e. The van der Waals surface area contributed by atoms with E-state index in [1.807, 2.05) is 6.07 Å². The molecule has 0 bridgehead atoms. The summed E-state index contributed by atoms with van der Waals surface area (Å²) in [6, 6.07) is 3.50. The molecule has 1 aromatic rings. The van der Waals surface area contributed by atoms with Crippen LogP contribution in [0.15, 0.2) is 18.3 Å². The van der Waals surface area contributed by atoms with E-state index in [1.165, 1.54) is 7.11 Å². The van der Waals surface area contributed by atoms with E-state index in [0.29, 0.717) is 12.1 Å². The first-order valence-corrected chi connectivity index (χ1v) is 3.60. The van der Waals surface area contributed by atoms with E-state index in [2.05, 4.69) is 16.6 Å². The SMILES string of the molecule is [CH2]Cc1ccnc(C(=O)OC)c1. The molecule has 0 unspecified atom stereocenters. The summed E-state index contributed by atoms with van der Waals surface area (Å²) < 4.78 is 4.51. The number of pyridine rings is 1. The molecular weight excluding hydrogens is 154 g/mol. The molecule has 1 rings (SSSR count). The summed E-state index contributed by atoms with van der Waals surface area (Å²) in [6.45, 7) is 3.70. The topological polar surface area (TPSA) is 39.2 Å². The van der Waals surface area contributed by atoms with Gasteiger partial charge in [-0.1, -0.05) is 0 Å². The van der Waals surface area contributed by atoms with Crippen molar-refractivity contribution in [2.45, 2.75) is 6.42 Å². The van der Waals surface area contributed by atoms with Gasteiger partial charge in [0.25, 0.3) is 0 Å². The molecule has 0 amide bonds. The van der Waals surface area contributed by atoms with Crippen molar-refractivity contribution in [3.8, 4) is 0 Å². The van der Waals surface area contributed by atoms with Crippen molar-refractivity contribution >= 4 is 5.97 Å². The Morgan fingerprint density at radius 1 is 1.75 bits per heavy atom. The first kappa shape index (κ1) is 8.71. The molecule has 63 valence electrons. The minimum absolute atomic E-state index is 0.332. The lowest BCUT2D eigenvalue weighted by Gasteiger charge is -1.99. The third kappa shape index (κ3) is 1.81. The average Bonchev–Trinajstić information content (AvgIpc) is 2.17. The summed E-state index contributed by atoms with van der Waals surface area (Å²) in [4.78, 5) is 14.8. The zero-order valence-corrected chi connectivity index (χ0v) is 6.91. The molecule has 0 aliphatic carbocycles. The summed E-state index contributed by atoms with van der Waals surface area (Å²) in [7, 11) is 1.33. The Bertz CT molecular complexity index is 284. The molecular formula is C9H10NO2. The second kappa shape index (κ2) is 3.85. The predicted molar refractivity (Wildman–Crippen MR) is 44.6 cm³/mol. The lowest BCUT2D eigenvalue weighted by atomic mass is 10.2. The predicted octanol–water partition coefficient (Wildman–Crippen LogP) is 1.24. The summed E-state index contributed by atoms with van der Waals surface area (Å²) in [5.74, 6) is -0.412. The maximum Gasteiger partial charge on any atom is 0.356 e. The fourth-order valence-electron chi connectivity index (χ4n) is 0.846. The highest BCUT2D eigenvalue weighted by molar-refractivity contribution is 5.87. The highest BCUT2D eigenvalue weighted by Gasteiger charge is 2.05. The van der Waals surface area contributed by atoms with Gasteiger partial charge in [-0.2, -0.15) is 0 Å². The number of ether oxygens (including phenoxy) is 1. The maximum absolute atomic E-state index is 11.0. The smallest absolute Gasteiger partial charge is 0.356 e. The monoisotopic (exact) mass is 164 g/mol. The molecule has 0 aromatic carbocycles. The first-order valence-electron chi connectivity index (χ1n) is 3.60. The fourth-order valence-corrected chi connectivity index (χ4v) is 0.846. The van der Waals surface area contributed by atoms with Crippen LogP contribution in [0, 0.1) is 6.92 Å². The molecule has 0 saturated heterocycles. The standard InChI is InChI=1S/C9H10NO2/c1-3-7-4-5-10-8(6-7)9(11)12-2/h4-6H,1,3H2,2H3. The maximum atomic E-state index is 11.0. The molecule has 0 saturated carbocycles. The van der Waals surface area contributed by atoms with Crippen LogP contribution in [0.4, 0.5) is 0 Å². The second-order valence-electron chi connectivity index (χ2n) is 2.29. The Morgan fingerprint density at radius 2 is 2.50 bits per heavy atom.